The van der Waals surface area contributed by atoms with Crippen LogP contribution in [0.5, 0.6) is 0 Å². The van der Waals surface area contributed by atoms with E-state index in [4.69, 9.17) is 4.74 Å². The van der Waals surface area contributed by atoms with Crippen molar-refractivity contribution in [2.45, 2.75) is 19.3 Å². The van der Waals surface area contributed by atoms with Crippen molar-refractivity contribution in [1.82, 2.24) is 20.4 Å². The lowest BCUT2D eigenvalue weighted by Gasteiger charge is -2.32. The molecule has 6 heteroatoms. The molecule has 1 aromatic rings. The van der Waals surface area contributed by atoms with Crippen molar-refractivity contribution in [3.63, 3.8) is 0 Å². The molecular weight excluding hydrogens is 292 g/mol. The summed E-state index contributed by atoms with van der Waals surface area (Å²) < 4.78 is 5.75. The summed E-state index contributed by atoms with van der Waals surface area (Å²) in [5.74, 6) is 1.36. The molecule has 0 spiro atoms. The number of carbonyl (C=O) groups is 1. The predicted octanol–water partition coefficient (Wildman–Crippen LogP) is 0.955. The van der Waals surface area contributed by atoms with Gasteiger partial charge in [-0.05, 0) is 24.8 Å². The van der Waals surface area contributed by atoms with Crippen LogP contribution < -0.4 is 5.32 Å². The van der Waals surface area contributed by atoms with Gasteiger partial charge in [0.25, 0.3) is 5.91 Å². The van der Waals surface area contributed by atoms with Crippen LogP contribution in [-0.2, 0) is 4.74 Å². The van der Waals surface area contributed by atoms with Crippen LogP contribution in [0.3, 0.4) is 0 Å². The molecule has 1 saturated carbocycles. The minimum Gasteiger partial charge on any atom is -0.380 e. The first kappa shape index (κ1) is 15.0. The first-order chi connectivity index (χ1) is 11.3. The Morgan fingerprint density at radius 3 is 3.09 bits per heavy atom. The Bertz CT molecular complexity index is 563. The second-order valence-corrected chi connectivity index (χ2v) is 7.38. The van der Waals surface area contributed by atoms with Gasteiger partial charge in [0.05, 0.1) is 31.2 Å². The van der Waals surface area contributed by atoms with Crippen molar-refractivity contribution in [2.24, 2.45) is 17.3 Å². The summed E-state index contributed by atoms with van der Waals surface area (Å²) in [6.07, 6.45) is 7.22. The Morgan fingerprint density at radius 1 is 1.43 bits per heavy atom. The van der Waals surface area contributed by atoms with E-state index in [9.17, 15) is 4.79 Å². The minimum absolute atomic E-state index is 0.0719. The van der Waals surface area contributed by atoms with E-state index in [1.807, 2.05) is 0 Å². The second kappa shape index (κ2) is 6.17. The lowest BCUT2D eigenvalue weighted by atomic mass is 9.81. The van der Waals surface area contributed by atoms with E-state index in [2.05, 4.69) is 20.4 Å². The summed E-state index contributed by atoms with van der Waals surface area (Å²) in [6, 6.07) is 1.69. The Hall–Kier alpha value is -1.53. The van der Waals surface area contributed by atoms with Crippen molar-refractivity contribution in [2.75, 3.05) is 39.4 Å². The number of fused-ring (bicyclic) bond motifs is 1. The van der Waals surface area contributed by atoms with E-state index in [1.54, 1.807) is 12.3 Å². The average Bonchev–Trinajstić information content (AvgIpc) is 3.06. The summed E-state index contributed by atoms with van der Waals surface area (Å²) in [6.45, 7) is 5.65. The molecule has 0 aromatic carbocycles. The fourth-order valence-electron chi connectivity index (χ4n) is 4.16. The first-order valence-corrected chi connectivity index (χ1v) is 8.60. The number of carbonyl (C=O) groups excluding carboxylic acids is 1. The van der Waals surface area contributed by atoms with E-state index in [0.29, 0.717) is 18.0 Å². The third-order valence-corrected chi connectivity index (χ3v) is 5.78. The maximum absolute atomic E-state index is 12.3. The van der Waals surface area contributed by atoms with Gasteiger partial charge in [-0.15, -0.1) is 0 Å². The lowest BCUT2D eigenvalue weighted by molar-refractivity contribution is 0.0894. The lowest BCUT2D eigenvalue weighted by Crippen LogP contribution is -2.43. The van der Waals surface area contributed by atoms with Crippen LogP contribution in [0.1, 0.15) is 29.6 Å². The van der Waals surface area contributed by atoms with Gasteiger partial charge in [-0.3, -0.25) is 4.79 Å². The van der Waals surface area contributed by atoms with Crippen LogP contribution in [0.25, 0.3) is 0 Å². The normalized spacial score (nSPS) is 30.9. The van der Waals surface area contributed by atoms with Gasteiger partial charge in [0.1, 0.15) is 0 Å². The third-order valence-electron chi connectivity index (χ3n) is 5.78. The number of likely N-dealkylation sites (tertiary alicyclic amines) is 1. The largest absolute Gasteiger partial charge is 0.380 e. The molecule has 2 saturated heterocycles. The topological polar surface area (TPSA) is 67.3 Å². The van der Waals surface area contributed by atoms with E-state index in [-0.39, 0.29) is 11.3 Å². The highest BCUT2D eigenvalue weighted by Crippen LogP contribution is 2.42. The summed E-state index contributed by atoms with van der Waals surface area (Å²) >= 11 is 0. The van der Waals surface area contributed by atoms with Gasteiger partial charge in [0.2, 0.25) is 0 Å². The highest BCUT2D eigenvalue weighted by atomic mass is 16.5. The van der Waals surface area contributed by atoms with Crippen molar-refractivity contribution < 1.29 is 9.53 Å². The predicted molar refractivity (Wildman–Crippen MR) is 84.9 cm³/mol. The van der Waals surface area contributed by atoms with Gasteiger partial charge in [0.15, 0.2) is 0 Å². The maximum atomic E-state index is 12.3. The fourth-order valence-corrected chi connectivity index (χ4v) is 4.16. The summed E-state index contributed by atoms with van der Waals surface area (Å²) in [5, 5.41) is 10.6. The molecule has 0 bridgehead atoms. The summed E-state index contributed by atoms with van der Waals surface area (Å²) in [5.41, 5.74) is 0.649. The molecule has 3 aliphatic rings. The first-order valence-electron chi connectivity index (χ1n) is 8.60. The molecule has 1 amide bonds. The SMILES string of the molecule is O=C(NC[C@@]12COC[C@@H]1CN(CC1CCC1)C2)c1ccnnc1. The number of nitrogens with zero attached hydrogens (tertiary/aromatic N) is 3. The molecule has 1 N–H and O–H groups in total. The van der Waals surface area contributed by atoms with Crippen LogP contribution in [0.2, 0.25) is 0 Å². The molecule has 2 atom stereocenters. The maximum Gasteiger partial charge on any atom is 0.252 e. The van der Waals surface area contributed by atoms with Crippen molar-refractivity contribution in [3.8, 4) is 0 Å². The quantitative estimate of drug-likeness (QED) is 0.876. The minimum atomic E-state index is -0.0719. The zero-order valence-corrected chi connectivity index (χ0v) is 13.4. The van der Waals surface area contributed by atoms with E-state index in [1.165, 1.54) is 32.0 Å². The second-order valence-electron chi connectivity index (χ2n) is 7.38. The standard InChI is InChI=1S/C17H24N4O2/c22-16(14-4-5-19-20-6-14)18-10-17-11-21(7-13-2-1-3-13)8-15(17)9-23-12-17/h4-6,13,15H,1-3,7-12H2,(H,18,22)/t15-,17+/m0/s1. The molecule has 124 valence electrons. The average molecular weight is 316 g/mol. The number of aromatic nitrogens is 2. The molecule has 2 aliphatic heterocycles. The highest BCUT2D eigenvalue weighted by molar-refractivity contribution is 5.93. The van der Waals surface area contributed by atoms with Gasteiger partial charge >= 0.3 is 0 Å². The van der Waals surface area contributed by atoms with Gasteiger partial charge in [-0.2, -0.15) is 10.2 Å². The molecule has 1 aromatic heterocycles. The molecule has 0 radical (unpaired) electrons. The Morgan fingerprint density at radius 2 is 2.35 bits per heavy atom. The monoisotopic (exact) mass is 316 g/mol. The summed E-state index contributed by atoms with van der Waals surface area (Å²) in [7, 11) is 0. The molecule has 3 fully saturated rings. The molecular formula is C17H24N4O2. The van der Waals surface area contributed by atoms with Crippen LogP contribution in [0.4, 0.5) is 0 Å². The highest BCUT2D eigenvalue weighted by Gasteiger charge is 2.50. The molecule has 23 heavy (non-hydrogen) atoms. The fraction of sp³-hybridized carbons (Fsp3) is 0.706. The van der Waals surface area contributed by atoms with Gasteiger partial charge < -0.3 is 15.0 Å². The van der Waals surface area contributed by atoms with Gasteiger partial charge in [0, 0.05) is 37.5 Å². The van der Waals surface area contributed by atoms with Crippen molar-refractivity contribution in [1.29, 1.82) is 0 Å². The van der Waals surface area contributed by atoms with Crippen molar-refractivity contribution in [3.05, 3.63) is 24.0 Å². The summed E-state index contributed by atoms with van der Waals surface area (Å²) in [4.78, 5) is 14.9. The van der Waals surface area contributed by atoms with Crippen LogP contribution in [0, 0.1) is 17.3 Å². The Balaban J connectivity index is 1.37. The molecule has 4 rings (SSSR count). The van der Waals surface area contributed by atoms with Crippen molar-refractivity contribution >= 4 is 5.91 Å². The van der Waals surface area contributed by atoms with Gasteiger partial charge in [-0.1, -0.05) is 6.42 Å². The molecule has 0 unspecified atom stereocenters. The van der Waals surface area contributed by atoms with Crippen LogP contribution in [-0.4, -0.2) is 60.4 Å². The zero-order chi connectivity index (χ0) is 15.7. The van der Waals surface area contributed by atoms with Crippen LogP contribution >= 0.6 is 0 Å². The number of ether oxygens (including phenoxy) is 1. The van der Waals surface area contributed by atoms with Gasteiger partial charge in [-0.25, -0.2) is 0 Å². The van der Waals surface area contributed by atoms with Crippen LogP contribution in [0.15, 0.2) is 18.5 Å². The number of hydrogen-bond acceptors (Lipinski definition) is 5. The molecule has 1 aliphatic carbocycles. The smallest absolute Gasteiger partial charge is 0.252 e. The van der Waals surface area contributed by atoms with E-state index >= 15 is 0 Å². The number of hydrogen-bond donors (Lipinski definition) is 1. The van der Waals surface area contributed by atoms with E-state index < -0.39 is 0 Å². The number of nitrogens with one attached hydrogen (secondary N) is 1. The zero-order valence-electron chi connectivity index (χ0n) is 13.4. The molecule has 6 nitrogen and oxygen atoms in total. The molecule has 3 heterocycles. The Labute approximate surface area is 136 Å². The van der Waals surface area contributed by atoms with E-state index in [0.717, 1.165) is 32.2 Å². The third kappa shape index (κ3) is 2.97. The Kier molecular flexibility index (Phi) is 4.03. The number of amides is 1. The number of rotatable bonds is 5.